The highest BCUT2D eigenvalue weighted by Gasteiger charge is 2.22. The molecule has 2 heterocycles. The Morgan fingerprint density at radius 1 is 1.14 bits per heavy atom. The van der Waals surface area contributed by atoms with Crippen LogP contribution >= 0.6 is 24.0 Å². The van der Waals surface area contributed by atoms with Gasteiger partial charge < -0.3 is 16.2 Å². The number of aliphatic hydroxyl groups is 1. The minimum atomic E-state index is -0.112. The summed E-state index contributed by atoms with van der Waals surface area (Å²) in [6, 6.07) is 9.22. The second-order valence-electron chi connectivity index (χ2n) is 7.83. The summed E-state index contributed by atoms with van der Waals surface area (Å²) in [6.07, 6.45) is 4.18. The number of likely N-dealkylation sites (tertiary alicyclic amines) is 2. The van der Waals surface area contributed by atoms with Crippen molar-refractivity contribution in [2.75, 3.05) is 32.7 Å². The molecule has 158 valence electrons. The maximum Gasteiger partial charge on any atom is 0.188 e. The molecule has 0 aliphatic carbocycles. The molecule has 1 atom stereocenters. The number of nitrogens with two attached hydrogens (primary N) is 1. The van der Waals surface area contributed by atoms with Crippen LogP contribution in [0.5, 0.6) is 0 Å². The van der Waals surface area contributed by atoms with Crippen LogP contribution in [0.25, 0.3) is 0 Å². The quantitative estimate of drug-likeness (QED) is 0.303. The predicted octanol–water partition coefficient (Wildman–Crippen LogP) is 2.15. The number of likely N-dealkylation sites (N-methyl/N-ethyl adjacent to an activating group) is 1. The second kappa shape index (κ2) is 11.9. The number of guanidine groups is 1. The summed E-state index contributed by atoms with van der Waals surface area (Å²) in [7, 11) is 0. The molecule has 1 aromatic rings. The van der Waals surface area contributed by atoms with Gasteiger partial charge in [-0.1, -0.05) is 31.2 Å². The van der Waals surface area contributed by atoms with E-state index >= 15 is 0 Å². The Hall–Kier alpha value is -0.900. The molecule has 0 bridgehead atoms. The number of benzene rings is 1. The third kappa shape index (κ3) is 7.17. The zero-order valence-corrected chi connectivity index (χ0v) is 19.3. The molecule has 0 aromatic heterocycles. The van der Waals surface area contributed by atoms with E-state index in [9.17, 15) is 5.11 Å². The predicted molar refractivity (Wildman–Crippen MR) is 126 cm³/mol. The van der Waals surface area contributed by atoms with E-state index in [1.165, 1.54) is 30.5 Å². The van der Waals surface area contributed by atoms with Crippen molar-refractivity contribution in [2.45, 2.75) is 57.8 Å². The summed E-state index contributed by atoms with van der Waals surface area (Å²) < 4.78 is 0. The first-order valence-corrected chi connectivity index (χ1v) is 10.4. The first-order valence-electron chi connectivity index (χ1n) is 10.4. The fourth-order valence-electron chi connectivity index (χ4n) is 4.08. The van der Waals surface area contributed by atoms with Crippen molar-refractivity contribution in [3.05, 3.63) is 35.4 Å². The molecule has 1 unspecified atom stereocenters. The molecule has 0 amide bonds. The first-order chi connectivity index (χ1) is 13.1. The monoisotopic (exact) mass is 501 g/mol. The van der Waals surface area contributed by atoms with E-state index in [-0.39, 0.29) is 30.1 Å². The van der Waals surface area contributed by atoms with Crippen LogP contribution in [0.15, 0.2) is 29.3 Å². The molecule has 4 N–H and O–H groups in total. The molecule has 6 nitrogen and oxygen atoms in total. The van der Waals surface area contributed by atoms with Gasteiger partial charge >= 0.3 is 0 Å². The molecule has 2 fully saturated rings. The van der Waals surface area contributed by atoms with E-state index in [0.717, 1.165) is 45.6 Å². The maximum atomic E-state index is 9.60. The highest BCUT2D eigenvalue weighted by Crippen LogP contribution is 2.16. The third-order valence-corrected chi connectivity index (χ3v) is 5.84. The highest BCUT2D eigenvalue weighted by atomic mass is 127. The van der Waals surface area contributed by atoms with Crippen LogP contribution in [0.2, 0.25) is 0 Å². The minimum absolute atomic E-state index is 0. The number of aliphatic imine (C=N–C) groups is 1. The molecule has 2 aliphatic rings. The average molecular weight is 501 g/mol. The van der Waals surface area contributed by atoms with Gasteiger partial charge in [-0.05, 0) is 49.9 Å². The van der Waals surface area contributed by atoms with E-state index in [1.54, 1.807) is 0 Å². The Morgan fingerprint density at radius 2 is 1.82 bits per heavy atom. The fourth-order valence-corrected chi connectivity index (χ4v) is 4.08. The molecule has 28 heavy (non-hydrogen) atoms. The molecule has 2 saturated heterocycles. The van der Waals surface area contributed by atoms with Crippen molar-refractivity contribution < 1.29 is 5.11 Å². The smallest absolute Gasteiger partial charge is 0.188 e. The van der Waals surface area contributed by atoms with E-state index in [4.69, 9.17) is 5.73 Å². The summed E-state index contributed by atoms with van der Waals surface area (Å²) in [5.41, 5.74) is 8.53. The minimum Gasteiger partial charge on any atom is -0.393 e. The van der Waals surface area contributed by atoms with Crippen LogP contribution in [0, 0.1) is 0 Å². The van der Waals surface area contributed by atoms with Crippen molar-refractivity contribution in [3.8, 4) is 0 Å². The Labute approximate surface area is 186 Å². The van der Waals surface area contributed by atoms with Gasteiger partial charge in [0.05, 0.1) is 12.6 Å². The Morgan fingerprint density at radius 3 is 2.50 bits per heavy atom. The number of hydrogen-bond donors (Lipinski definition) is 3. The molecule has 7 heteroatoms. The van der Waals surface area contributed by atoms with Crippen LogP contribution in [0.4, 0.5) is 0 Å². The third-order valence-electron chi connectivity index (χ3n) is 5.84. The SMILES string of the molecule is CCN1CCCC1CNC(N)=NCc1ccc(CN2CCC(O)CC2)cc1.I. The topological polar surface area (TPSA) is 77.1 Å². The molecule has 0 radical (unpaired) electrons. The average Bonchev–Trinajstić information content (AvgIpc) is 3.15. The Bertz CT molecular complexity index is 601. The molecule has 1 aromatic carbocycles. The van der Waals surface area contributed by atoms with Crippen molar-refractivity contribution in [1.29, 1.82) is 0 Å². The molecule has 0 spiro atoms. The van der Waals surface area contributed by atoms with Gasteiger partial charge in [0.15, 0.2) is 5.96 Å². The highest BCUT2D eigenvalue weighted by molar-refractivity contribution is 14.0. The normalized spacial score (nSPS) is 22.2. The zero-order valence-electron chi connectivity index (χ0n) is 17.0. The van der Waals surface area contributed by atoms with Gasteiger partial charge in [0.1, 0.15) is 0 Å². The van der Waals surface area contributed by atoms with Crippen LogP contribution < -0.4 is 11.1 Å². The summed E-state index contributed by atoms with van der Waals surface area (Å²) in [5, 5.41) is 12.9. The van der Waals surface area contributed by atoms with Crippen LogP contribution in [0.3, 0.4) is 0 Å². The summed E-state index contributed by atoms with van der Waals surface area (Å²) >= 11 is 0. The Balaban J connectivity index is 0.00000280. The van der Waals surface area contributed by atoms with Crippen LogP contribution in [0.1, 0.15) is 43.7 Å². The zero-order chi connectivity index (χ0) is 19.1. The number of aliphatic hydroxyl groups excluding tert-OH is 1. The van der Waals surface area contributed by atoms with Gasteiger partial charge in [-0.15, -0.1) is 24.0 Å². The van der Waals surface area contributed by atoms with E-state index in [1.807, 2.05) is 0 Å². The van der Waals surface area contributed by atoms with Gasteiger partial charge in [0.25, 0.3) is 0 Å². The molecule has 3 rings (SSSR count). The Kier molecular flexibility index (Phi) is 9.98. The van der Waals surface area contributed by atoms with Crippen molar-refractivity contribution in [3.63, 3.8) is 0 Å². The summed E-state index contributed by atoms with van der Waals surface area (Å²) in [6.45, 7) is 8.92. The van der Waals surface area contributed by atoms with Gasteiger partial charge in [-0.3, -0.25) is 9.80 Å². The standard InChI is InChI=1S/C21H35N5O.HI/c1-2-26-11-3-4-19(26)15-24-21(22)23-14-17-5-7-18(8-6-17)16-25-12-9-20(27)10-13-25;/h5-8,19-20,27H,2-4,9-16H2,1H3,(H3,22,23,24);1H. The largest absolute Gasteiger partial charge is 0.393 e. The lowest BCUT2D eigenvalue weighted by Crippen LogP contribution is -2.42. The van der Waals surface area contributed by atoms with Crippen molar-refractivity contribution in [1.82, 2.24) is 15.1 Å². The summed E-state index contributed by atoms with van der Waals surface area (Å²) in [4.78, 5) is 9.40. The fraction of sp³-hybridized carbons (Fsp3) is 0.667. The van der Waals surface area contributed by atoms with Gasteiger partial charge in [-0.2, -0.15) is 0 Å². The molecule has 2 aliphatic heterocycles. The molecular weight excluding hydrogens is 465 g/mol. The van der Waals surface area contributed by atoms with E-state index < -0.39 is 0 Å². The number of hydrogen-bond acceptors (Lipinski definition) is 4. The number of halogens is 1. The number of rotatable bonds is 7. The lowest BCUT2D eigenvalue weighted by molar-refractivity contribution is 0.0792. The van der Waals surface area contributed by atoms with E-state index in [2.05, 4.69) is 51.3 Å². The van der Waals surface area contributed by atoms with Gasteiger partial charge in [-0.25, -0.2) is 4.99 Å². The second-order valence-corrected chi connectivity index (χ2v) is 7.83. The lowest BCUT2D eigenvalue weighted by atomic mass is 10.1. The van der Waals surface area contributed by atoms with Crippen molar-refractivity contribution >= 4 is 29.9 Å². The maximum absolute atomic E-state index is 9.60. The first kappa shape index (κ1) is 23.4. The lowest BCUT2D eigenvalue weighted by Gasteiger charge is -2.29. The number of nitrogens with one attached hydrogen (secondary N) is 1. The number of nitrogens with zero attached hydrogens (tertiary/aromatic N) is 3. The molecule has 0 saturated carbocycles. The van der Waals surface area contributed by atoms with Gasteiger partial charge in [0, 0.05) is 32.2 Å². The van der Waals surface area contributed by atoms with Crippen molar-refractivity contribution in [2.24, 2.45) is 10.7 Å². The van der Waals surface area contributed by atoms with E-state index in [0.29, 0.717) is 18.5 Å². The molecular formula is C21H36IN5O. The number of piperidine rings is 1. The van der Waals surface area contributed by atoms with Crippen LogP contribution in [-0.4, -0.2) is 65.7 Å². The van der Waals surface area contributed by atoms with Crippen LogP contribution in [-0.2, 0) is 13.1 Å². The van der Waals surface area contributed by atoms with Gasteiger partial charge in [0.2, 0.25) is 0 Å². The summed E-state index contributed by atoms with van der Waals surface area (Å²) in [5.74, 6) is 0.536.